The fourth-order valence-electron chi connectivity index (χ4n) is 1.67. The van der Waals surface area contributed by atoms with E-state index >= 15 is 0 Å². The van der Waals surface area contributed by atoms with Crippen molar-refractivity contribution in [1.29, 1.82) is 0 Å². The van der Waals surface area contributed by atoms with Crippen molar-refractivity contribution in [1.82, 2.24) is 5.43 Å². The second kappa shape index (κ2) is 8.98. The van der Waals surface area contributed by atoms with Crippen LogP contribution in [0.15, 0.2) is 58.1 Å². The van der Waals surface area contributed by atoms with Gasteiger partial charge in [-0.1, -0.05) is 57.9 Å². The number of hydrogen-bond acceptors (Lipinski definition) is 3. The van der Waals surface area contributed by atoms with Crippen LogP contribution in [0.25, 0.3) is 0 Å². The zero-order chi connectivity index (χ0) is 15.8. The fourth-order valence-corrected chi connectivity index (χ4v) is 3.30. The van der Waals surface area contributed by atoms with Crippen LogP contribution in [0.5, 0.6) is 0 Å². The zero-order valence-corrected chi connectivity index (χ0v) is 14.8. The van der Waals surface area contributed by atoms with Gasteiger partial charge in [0.05, 0.1) is 12.0 Å². The van der Waals surface area contributed by atoms with Crippen LogP contribution in [0, 0.1) is 0 Å². The van der Waals surface area contributed by atoms with Crippen LogP contribution < -0.4 is 5.43 Å². The molecule has 0 saturated carbocycles. The molecule has 2 rings (SSSR count). The fraction of sp³-hybridized carbons (Fsp3) is 0.125. The molecule has 0 fully saturated rings. The molecule has 0 aromatic heterocycles. The van der Waals surface area contributed by atoms with Crippen LogP contribution in [0.2, 0.25) is 5.02 Å². The number of halogens is 2. The lowest BCUT2D eigenvalue weighted by molar-refractivity contribution is -0.118. The lowest BCUT2D eigenvalue weighted by Gasteiger charge is -2.03. The number of carbonyl (C=O) groups is 1. The quantitative estimate of drug-likeness (QED) is 0.576. The van der Waals surface area contributed by atoms with Gasteiger partial charge in [-0.3, -0.25) is 4.79 Å². The average Bonchev–Trinajstić information content (AvgIpc) is 2.49. The summed E-state index contributed by atoms with van der Waals surface area (Å²) in [4.78, 5) is 11.7. The van der Waals surface area contributed by atoms with Crippen molar-refractivity contribution in [3.05, 3.63) is 69.2 Å². The topological polar surface area (TPSA) is 41.5 Å². The van der Waals surface area contributed by atoms with Gasteiger partial charge in [0, 0.05) is 15.2 Å². The minimum Gasteiger partial charge on any atom is -0.272 e. The van der Waals surface area contributed by atoms with E-state index in [1.165, 1.54) is 5.56 Å². The van der Waals surface area contributed by atoms with Gasteiger partial charge in [-0.2, -0.15) is 5.10 Å². The van der Waals surface area contributed by atoms with E-state index in [0.717, 1.165) is 15.8 Å². The highest BCUT2D eigenvalue weighted by Crippen LogP contribution is 2.21. The number of amides is 1. The highest BCUT2D eigenvalue weighted by molar-refractivity contribution is 9.10. The number of thioether (sulfide) groups is 1. The van der Waals surface area contributed by atoms with Crippen molar-refractivity contribution in [2.24, 2.45) is 5.10 Å². The maximum Gasteiger partial charge on any atom is 0.250 e. The Kier molecular flexibility index (Phi) is 6.96. The predicted molar refractivity (Wildman–Crippen MR) is 97.5 cm³/mol. The Morgan fingerprint density at radius 1 is 1.27 bits per heavy atom. The Hall–Kier alpha value is -1.30. The first-order chi connectivity index (χ1) is 10.6. The van der Waals surface area contributed by atoms with Crippen molar-refractivity contribution in [2.75, 3.05) is 5.75 Å². The van der Waals surface area contributed by atoms with Gasteiger partial charge in [0.1, 0.15) is 0 Å². The highest BCUT2D eigenvalue weighted by atomic mass is 79.9. The summed E-state index contributed by atoms with van der Waals surface area (Å²) in [7, 11) is 0. The van der Waals surface area contributed by atoms with Gasteiger partial charge in [0.25, 0.3) is 0 Å². The number of nitrogens with one attached hydrogen (secondary N) is 1. The van der Waals surface area contributed by atoms with Gasteiger partial charge < -0.3 is 0 Å². The minimum absolute atomic E-state index is 0.129. The van der Waals surface area contributed by atoms with Crippen LogP contribution in [0.3, 0.4) is 0 Å². The molecular weight excluding hydrogens is 384 g/mol. The van der Waals surface area contributed by atoms with Crippen LogP contribution in [-0.4, -0.2) is 17.9 Å². The summed E-state index contributed by atoms with van der Waals surface area (Å²) in [5.74, 6) is 0.997. The van der Waals surface area contributed by atoms with Crippen molar-refractivity contribution < 1.29 is 4.79 Å². The Balaban J connectivity index is 1.73. The Bertz CT molecular complexity index is 679. The summed E-state index contributed by atoms with van der Waals surface area (Å²) >= 11 is 10.9. The zero-order valence-electron chi connectivity index (χ0n) is 11.6. The van der Waals surface area contributed by atoms with Gasteiger partial charge in [-0.15, -0.1) is 11.8 Å². The molecule has 2 aromatic carbocycles. The molecule has 0 radical (unpaired) electrons. The number of hydrazone groups is 1. The van der Waals surface area contributed by atoms with Crippen molar-refractivity contribution in [3.63, 3.8) is 0 Å². The number of rotatable bonds is 6. The molecule has 0 bridgehead atoms. The van der Waals surface area contributed by atoms with Gasteiger partial charge >= 0.3 is 0 Å². The van der Waals surface area contributed by atoms with Gasteiger partial charge in [0.2, 0.25) is 5.91 Å². The molecule has 0 aliphatic rings. The molecule has 0 heterocycles. The second-order valence-electron chi connectivity index (χ2n) is 4.43. The van der Waals surface area contributed by atoms with Gasteiger partial charge in [-0.25, -0.2) is 5.43 Å². The summed E-state index contributed by atoms with van der Waals surface area (Å²) in [5, 5.41) is 4.56. The number of hydrogen-bond donors (Lipinski definition) is 1. The van der Waals surface area contributed by atoms with E-state index in [4.69, 9.17) is 11.6 Å². The van der Waals surface area contributed by atoms with Crippen molar-refractivity contribution in [2.45, 2.75) is 5.75 Å². The molecule has 0 aliphatic carbocycles. The molecule has 114 valence electrons. The predicted octanol–water partition coefficient (Wildman–Crippen LogP) is 4.49. The largest absolute Gasteiger partial charge is 0.272 e. The summed E-state index contributed by atoms with van der Waals surface area (Å²) in [6, 6.07) is 15.2. The number of carbonyl (C=O) groups excluding carboxylic acids is 1. The third kappa shape index (κ3) is 5.83. The molecule has 0 unspecified atom stereocenters. The molecule has 0 atom stereocenters. The van der Waals surface area contributed by atoms with E-state index < -0.39 is 0 Å². The minimum atomic E-state index is -0.129. The second-order valence-corrected chi connectivity index (χ2v) is 6.71. The van der Waals surface area contributed by atoms with Crippen LogP contribution in [0.1, 0.15) is 11.1 Å². The van der Waals surface area contributed by atoms with E-state index in [-0.39, 0.29) is 5.91 Å². The molecule has 0 aliphatic heterocycles. The molecule has 3 nitrogen and oxygen atoms in total. The van der Waals surface area contributed by atoms with Crippen LogP contribution in [0.4, 0.5) is 0 Å². The Morgan fingerprint density at radius 3 is 2.86 bits per heavy atom. The standard InChI is InChI=1S/C16H14BrClN2OS/c17-15-7-2-1-5-13(15)10-22-11-16(21)20-19-9-12-4-3-6-14(18)8-12/h1-9H,10-11H2,(H,20,21)/b19-9-. The van der Waals surface area contributed by atoms with Crippen molar-refractivity contribution in [3.8, 4) is 0 Å². The Labute approximate surface area is 147 Å². The van der Waals surface area contributed by atoms with Crippen LogP contribution >= 0.6 is 39.3 Å². The van der Waals surface area contributed by atoms with E-state index in [1.54, 1.807) is 30.1 Å². The maximum atomic E-state index is 11.7. The van der Waals surface area contributed by atoms with E-state index in [9.17, 15) is 4.79 Å². The summed E-state index contributed by atoms with van der Waals surface area (Å²) in [6.07, 6.45) is 1.57. The first-order valence-corrected chi connectivity index (χ1v) is 8.86. The van der Waals surface area contributed by atoms with E-state index in [2.05, 4.69) is 26.5 Å². The average molecular weight is 398 g/mol. The van der Waals surface area contributed by atoms with E-state index in [0.29, 0.717) is 10.8 Å². The van der Waals surface area contributed by atoms with E-state index in [1.807, 2.05) is 36.4 Å². The lowest BCUT2D eigenvalue weighted by atomic mass is 10.2. The first kappa shape index (κ1) is 17.1. The molecule has 6 heteroatoms. The normalized spacial score (nSPS) is 10.8. The molecule has 2 aromatic rings. The number of nitrogens with zero attached hydrogens (tertiary/aromatic N) is 1. The van der Waals surface area contributed by atoms with Crippen molar-refractivity contribution >= 4 is 51.4 Å². The smallest absolute Gasteiger partial charge is 0.250 e. The van der Waals surface area contributed by atoms with Gasteiger partial charge in [0.15, 0.2) is 0 Å². The molecular formula is C16H14BrClN2OS. The maximum absolute atomic E-state index is 11.7. The lowest BCUT2D eigenvalue weighted by Crippen LogP contribution is -2.19. The SMILES string of the molecule is O=C(CSCc1ccccc1Br)N/N=C\c1cccc(Cl)c1. The molecule has 0 spiro atoms. The molecule has 1 amide bonds. The molecule has 1 N–H and O–H groups in total. The van der Waals surface area contributed by atoms with Crippen LogP contribution in [-0.2, 0) is 10.5 Å². The summed E-state index contributed by atoms with van der Waals surface area (Å²) in [6.45, 7) is 0. The molecule has 0 saturated heterocycles. The summed E-state index contributed by atoms with van der Waals surface area (Å²) in [5.41, 5.74) is 4.52. The van der Waals surface area contributed by atoms with Gasteiger partial charge in [-0.05, 0) is 29.3 Å². The highest BCUT2D eigenvalue weighted by Gasteiger charge is 2.02. The first-order valence-electron chi connectivity index (χ1n) is 6.54. The Morgan fingerprint density at radius 2 is 2.09 bits per heavy atom. The third-order valence-electron chi connectivity index (χ3n) is 2.70. The monoisotopic (exact) mass is 396 g/mol. The third-order valence-corrected chi connectivity index (χ3v) is 4.69. The molecule has 22 heavy (non-hydrogen) atoms. The number of benzene rings is 2. The summed E-state index contributed by atoms with van der Waals surface area (Å²) < 4.78 is 1.06.